The van der Waals surface area contributed by atoms with Crippen molar-refractivity contribution in [2.24, 2.45) is 0 Å². The maximum Gasteiger partial charge on any atom is 0.135 e. The van der Waals surface area contributed by atoms with Crippen LogP contribution in [0.2, 0.25) is 0 Å². The highest BCUT2D eigenvalue weighted by Crippen LogP contribution is 2.17. The molecule has 0 aliphatic carbocycles. The molecule has 0 radical (unpaired) electrons. The third-order valence-electron chi connectivity index (χ3n) is 3.06. The van der Waals surface area contributed by atoms with E-state index in [1.165, 1.54) is 12.1 Å². The smallest absolute Gasteiger partial charge is 0.135 e. The number of rotatable bonds is 4. The Morgan fingerprint density at radius 1 is 1.05 bits per heavy atom. The van der Waals surface area contributed by atoms with E-state index >= 15 is 0 Å². The molecule has 0 bridgehead atoms. The fourth-order valence-electron chi connectivity index (χ4n) is 2.00. The Morgan fingerprint density at radius 2 is 1.70 bits per heavy atom. The molecule has 3 nitrogen and oxygen atoms in total. The van der Waals surface area contributed by atoms with Gasteiger partial charge in [-0.1, -0.05) is 0 Å². The van der Waals surface area contributed by atoms with Crippen molar-refractivity contribution < 1.29 is 8.78 Å². The highest BCUT2D eigenvalue weighted by atomic mass is 19.1. The number of anilines is 1. The van der Waals surface area contributed by atoms with Crippen molar-refractivity contribution in [1.82, 2.24) is 9.97 Å². The number of nitrogens with one attached hydrogen (secondary N) is 1. The third-order valence-corrected chi connectivity index (χ3v) is 3.06. The van der Waals surface area contributed by atoms with Crippen molar-refractivity contribution in [2.75, 3.05) is 11.9 Å². The lowest BCUT2D eigenvalue weighted by molar-refractivity contribution is 0.580. The number of benzene rings is 1. The van der Waals surface area contributed by atoms with E-state index in [9.17, 15) is 8.78 Å². The first kappa shape index (κ1) is 14.4. The summed E-state index contributed by atoms with van der Waals surface area (Å²) in [6, 6.07) is 3.46. The Morgan fingerprint density at radius 3 is 2.30 bits per heavy atom. The second kappa shape index (κ2) is 5.94. The lowest BCUT2D eigenvalue weighted by atomic mass is 10.1. The number of halogens is 2. The molecular weight excluding hydrogens is 260 g/mol. The molecular formula is C15H17F2N3. The molecule has 5 heteroatoms. The number of hydrogen-bond donors (Lipinski definition) is 1. The van der Waals surface area contributed by atoms with Gasteiger partial charge in [-0.05, 0) is 38.5 Å². The zero-order chi connectivity index (χ0) is 14.7. The minimum Gasteiger partial charge on any atom is -0.370 e. The van der Waals surface area contributed by atoms with Gasteiger partial charge in [-0.25, -0.2) is 18.7 Å². The maximum absolute atomic E-state index is 13.2. The summed E-state index contributed by atoms with van der Waals surface area (Å²) in [5, 5.41) is 3.17. The number of aryl methyl sites for hydroxylation is 1. The molecule has 1 N–H and O–H groups in total. The minimum atomic E-state index is -0.587. The summed E-state index contributed by atoms with van der Waals surface area (Å²) in [6.07, 6.45) is 0.300. The molecule has 1 aromatic heterocycles. The van der Waals surface area contributed by atoms with Crippen LogP contribution >= 0.6 is 0 Å². The number of aromatic nitrogens is 2. The van der Waals surface area contributed by atoms with Crippen molar-refractivity contribution in [2.45, 2.75) is 27.2 Å². The summed E-state index contributed by atoms with van der Waals surface area (Å²) in [4.78, 5) is 8.78. The maximum atomic E-state index is 13.2. The lowest BCUT2D eigenvalue weighted by Gasteiger charge is -2.11. The van der Waals surface area contributed by atoms with Crippen LogP contribution in [0, 0.1) is 25.5 Å². The van der Waals surface area contributed by atoms with E-state index < -0.39 is 11.6 Å². The third kappa shape index (κ3) is 3.29. The van der Waals surface area contributed by atoms with Crippen molar-refractivity contribution >= 4 is 5.82 Å². The molecule has 0 aliphatic rings. The summed E-state index contributed by atoms with van der Waals surface area (Å²) in [6.45, 7) is 6.58. The first-order valence-electron chi connectivity index (χ1n) is 6.52. The molecule has 0 fully saturated rings. The van der Waals surface area contributed by atoms with Gasteiger partial charge in [0.15, 0.2) is 0 Å². The van der Waals surface area contributed by atoms with E-state index in [2.05, 4.69) is 15.3 Å². The van der Waals surface area contributed by atoms with Gasteiger partial charge in [-0.2, -0.15) is 0 Å². The Kier molecular flexibility index (Phi) is 4.27. The summed E-state index contributed by atoms with van der Waals surface area (Å²) in [7, 11) is 0. The average Bonchev–Trinajstić information content (AvgIpc) is 2.34. The number of nitrogens with zero attached hydrogens (tertiary/aromatic N) is 2. The zero-order valence-corrected chi connectivity index (χ0v) is 11.8. The first-order valence-corrected chi connectivity index (χ1v) is 6.52. The zero-order valence-electron chi connectivity index (χ0n) is 11.8. The topological polar surface area (TPSA) is 37.8 Å². The monoisotopic (exact) mass is 277 g/mol. The Hall–Kier alpha value is -2.04. The van der Waals surface area contributed by atoms with Gasteiger partial charge < -0.3 is 5.32 Å². The van der Waals surface area contributed by atoms with Crippen molar-refractivity contribution in [3.8, 4) is 0 Å². The van der Waals surface area contributed by atoms with E-state index in [1.54, 1.807) is 0 Å². The number of hydrogen-bond acceptors (Lipinski definition) is 3. The molecule has 0 saturated heterocycles. The minimum absolute atomic E-state index is 0.300. The second-order valence-electron chi connectivity index (χ2n) is 4.68. The predicted molar refractivity (Wildman–Crippen MR) is 74.8 cm³/mol. The van der Waals surface area contributed by atoms with Crippen LogP contribution in [0.1, 0.15) is 29.6 Å². The molecule has 0 amide bonds. The SMILES string of the molecule is CCNc1nc(Cc2cc(F)cc(F)c2)nc(C)c1C. The Bertz CT molecular complexity index is 607. The Labute approximate surface area is 117 Å². The van der Waals surface area contributed by atoms with E-state index in [0.717, 1.165) is 29.7 Å². The van der Waals surface area contributed by atoms with E-state index in [-0.39, 0.29) is 0 Å². The fraction of sp³-hybridized carbons (Fsp3) is 0.333. The largest absolute Gasteiger partial charge is 0.370 e. The van der Waals surface area contributed by atoms with Crippen LogP contribution in [-0.2, 0) is 6.42 Å². The average molecular weight is 277 g/mol. The Balaban J connectivity index is 2.33. The van der Waals surface area contributed by atoms with Crippen LogP contribution in [0.15, 0.2) is 18.2 Å². The molecule has 0 saturated carbocycles. The summed E-state index contributed by atoms with van der Waals surface area (Å²) >= 11 is 0. The van der Waals surface area contributed by atoms with Crippen LogP contribution in [-0.4, -0.2) is 16.5 Å². The van der Waals surface area contributed by atoms with Crippen LogP contribution in [0.25, 0.3) is 0 Å². The quantitative estimate of drug-likeness (QED) is 0.930. The molecule has 1 heterocycles. The normalized spacial score (nSPS) is 10.7. The fourth-order valence-corrected chi connectivity index (χ4v) is 2.00. The van der Waals surface area contributed by atoms with Crippen molar-refractivity contribution in [1.29, 1.82) is 0 Å². The molecule has 2 rings (SSSR count). The molecule has 0 unspecified atom stereocenters. The van der Waals surface area contributed by atoms with Gasteiger partial charge >= 0.3 is 0 Å². The molecule has 0 atom stereocenters. The van der Waals surface area contributed by atoms with Gasteiger partial charge in [0, 0.05) is 30.3 Å². The van der Waals surface area contributed by atoms with Gasteiger partial charge in [0.25, 0.3) is 0 Å². The highest BCUT2D eigenvalue weighted by Gasteiger charge is 2.09. The van der Waals surface area contributed by atoms with Crippen LogP contribution in [0.4, 0.5) is 14.6 Å². The van der Waals surface area contributed by atoms with E-state index in [4.69, 9.17) is 0 Å². The molecule has 20 heavy (non-hydrogen) atoms. The van der Waals surface area contributed by atoms with Gasteiger partial charge in [0.05, 0.1) is 0 Å². The first-order chi connectivity index (χ1) is 9.49. The van der Waals surface area contributed by atoms with Gasteiger partial charge in [-0.3, -0.25) is 0 Å². The molecule has 0 spiro atoms. The van der Waals surface area contributed by atoms with E-state index in [1.807, 2.05) is 20.8 Å². The van der Waals surface area contributed by atoms with Crippen LogP contribution in [0.5, 0.6) is 0 Å². The lowest BCUT2D eigenvalue weighted by Crippen LogP contribution is -2.08. The van der Waals surface area contributed by atoms with Crippen molar-refractivity contribution in [3.63, 3.8) is 0 Å². The van der Waals surface area contributed by atoms with Gasteiger partial charge in [0.1, 0.15) is 23.3 Å². The standard InChI is InChI=1S/C15H17F2N3/c1-4-18-15-9(2)10(3)19-14(20-15)7-11-5-12(16)8-13(17)6-11/h5-6,8H,4,7H2,1-3H3,(H,18,19,20). The summed E-state index contributed by atoms with van der Waals surface area (Å²) < 4.78 is 26.4. The van der Waals surface area contributed by atoms with Crippen LogP contribution in [0.3, 0.4) is 0 Å². The molecule has 0 aliphatic heterocycles. The predicted octanol–water partition coefficient (Wildman–Crippen LogP) is 3.39. The highest BCUT2D eigenvalue weighted by molar-refractivity contribution is 5.45. The summed E-state index contributed by atoms with van der Waals surface area (Å²) in [5.41, 5.74) is 2.37. The molecule has 106 valence electrons. The van der Waals surface area contributed by atoms with Crippen LogP contribution < -0.4 is 5.32 Å². The van der Waals surface area contributed by atoms with E-state index in [0.29, 0.717) is 17.8 Å². The second-order valence-corrected chi connectivity index (χ2v) is 4.68. The van der Waals surface area contributed by atoms with Gasteiger partial charge in [0.2, 0.25) is 0 Å². The molecule has 1 aromatic carbocycles. The van der Waals surface area contributed by atoms with Crippen molar-refractivity contribution in [3.05, 3.63) is 52.5 Å². The summed E-state index contributed by atoms with van der Waals surface area (Å²) in [5.74, 6) is 0.146. The molecule has 2 aromatic rings. The van der Waals surface area contributed by atoms with Gasteiger partial charge in [-0.15, -0.1) is 0 Å².